The standard InChI is InChI=1S/C19H26N2O3/c22-19(12-21-8-7-15-3-1-2-4-16(15)11-21)20-10-14-5-6-17-18(9-14)24-13-23-17/h5-6,9,15-16H,1-4,7-8,10-13H2,(H,20,22)/t15-,16-/m1/s1. The number of rotatable bonds is 4. The molecule has 1 N–H and O–H groups in total. The second-order valence-corrected chi connectivity index (χ2v) is 7.29. The van der Waals surface area contributed by atoms with E-state index in [4.69, 9.17) is 9.47 Å². The monoisotopic (exact) mass is 330 g/mol. The van der Waals surface area contributed by atoms with E-state index in [1.54, 1.807) is 0 Å². The van der Waals surface area contributed by atoms with E-state index in [-0.39, 0.29) is 12.7 Å². The largest absolute Gasteiger partial charge is 0.454 e. The average molecular weight is 330 g/mol. The van der Waals surface area contributed by atoms with Crippen LogP contribution in [0.4, 0.5) is 0 Å². The van der Waals surface area contributed by atoms with Gasteiger partial charge in [0, 0.05) is 13.1 Å². The minimum atomic E-state index is 0.113. The number of fused-ring (bicyclic) bond motifs is 2. The topological polar surface area (TPSA) is 50.8 Å². The normalized spacial score (nSPS) is 26.0. The quantitative estimate of drug-likeness (QED) is 0.922. The lowest BCUT2D eigenvalue weighted by molar-refractivity contribution is -0.123. The van der Waals surface area contributed by atoms with Gasteiger partial charge in [-0.05, 0) is 48.9 Å². The van der Waals surface area contributed by atoms with E-state index in [2.05, 4.69) is 10.2 Å². The molecule has 5 nitrogen and oxygen atoms in total. The fourth-order valence-corrected chi connectivity index (χ4v) is 4.33. The molecule has 3 aliphatic rings. The SMILES string of the molecule is O=C(CN1CC[C@H]2CCCC[C@@H]2C1)NCc1ccc2c(c1)OCO2. The Morgan fingerprint density at radius 1 is 1.12 bits per heavy atom. The highest BCUT2D eigenvalue weighted by atomic mass is 16.7. The van der Waals surface area contributed by atoms with E-state index in [1.807, 2.05) is 18.2 Å². The Labute approximate surface area is 143 Å². The van der Waals surface area contributed by atoms with Crippen LogP contribution in [-0.4, -0.2) is 37.2 Å². The van der Waals surface area contributed by atoms with Crippen molar-refractivity contribution in [2.45, 2.75) is 38.6 Å². The lowest BCUT2D eigenvalue weighted by Gasteiger charge is -2.41. The molecular weight excluding hydrogens is 304 g/mol. The number of hydrogen-bond acceptors (Lipinski definition) is 4. The summed E-state index contributed by atoms with van der Waals surface area (Å²) in [6, 6.07) is 5.81. The van der Waals surface area contributed by atoms with Crippen molar-refractivity contribution in [3.63, 3.8) is 0 Å². The number of carbonyl (C=O) groups excluding carboxylic acids is 1. The molecule has 0 aromatic heterocycles. The zero-order valence-electron chi connectivity index (χ0n) is 14.1. The van der Waals surface area contributed by atoms with E-state index < -0.39 is 0 Å². The summed E-state index contributed by atoms with van der Waals surface area (Å²) in [6.45, 7) is 3.51. The van der Waals surface area contributed by atoms with Gasteiger partial charge in [-0.15, -0.1) is 0 Å². The van der Waals surface area contributed by atoms with Crippen molar-refractivity contribution < 1.29 is 14.3 Å². The minimum absolute atomic E-state index is 0.113. The van der Waals surface area contributed by atoms with Gasteiger partial charge >= 0.3 is 0 Å². The van der Waals surface area contributed by atoms with E-state index >= 15 is 0 Å². The van der Waals surface area contributed by atoms with Crippen molar-refractivity contribution in [1.82, 2.24) is 10.2 Å². The number of benzene rings is 1. The number of amides is 1. The van der Waals surface area contributed by atoms with Gasteiger partial charge < -0.3 is 14.8 Å². The molecule has 0 bridgehead atoms. The summed E-state index contributed by atoms with van der Waals surface area (Å²) in [7, 11) is 0. The molecule has 2 aliphatic heterocycles. The van der Waals surface area contributed by atoms with Crippen LogP contribution in [0.25, 0.3) is 0 Å². The first-order valence-corrected chi connectivity index (χ1v) is 9.15. The molecule has 1 aromatic carbocycles. The molecule has 5 heteroatoms. The number of likely N-dealkylation sites (tertiary alicyclic amines) is 1. The summed E-state index contributed by atoms with van der Waals surface area (Å²) in [5, 5.41) is 3.03. The van der Waals surface area contributed by atoms with Gasteiger partial charge in [0.15, 0.2) is 11.5 Å². The van der Waals surface area contributed by atoms with E-state index in [0.717, 1.165) is 42.0 Å². The first-order chi connectivity index (χ1) is 11.8. The summed E-state index contributed by atoms with van der Waals surface area (Å²) in [5.41, 5.74) is 1.04. The fraction of sp³-hybridized carbons (Fsp3) is 0.632. The second-order valence-electron chi connectivity index (χ2n) is 7.29. The molecule has 4 rings (SSSR count). The van der Waals surface area contributed by atoms with Gasteiger partial charge in [0.25, 0.3) is 0 Å². The molecule has 2 atom stereocenters. The molecule has 2 heterocycles. The van der Waals surface area contributed by atoms with Crippen molar-refractivity contribution in [2.75, 3.05) is 26.4 Å². The van der Waals surface area contributed by atoms with E-state index in [1.165, 1.54) is 32.1 Å². The van der Waals surface area contributed by atoms with Crippen molar-refractivity contribution in [3.05, 3.63) is 23.8 Å². The predicted octanol–water partition coefficient (Wildman–Crippen LogP) is 2.54. The summed E-state index contributed by atoms with van der Waals surface area (Å²) in [6.07, 6.45) is 6.78. The number of nitrogens with zero attached hydrogens (tertiary/aromatic N) is 1. The summed E-state index contributed by atoms with van der Waals surface area (Å²) in [5.74, 6) is 3.38. The molecule has 0 unspecified atom stereocenters. The lowest BCUT2D eigenvalue weighted by atomic mass is 9.75. The Hall–Kier alpha value is -1.75. The van der Waals surface area contributed by atoms with Crippen LogP contribution in [0, 0.1) is 11.8 Å². The van der Waals surface area contributed by atoms with E-state index in [9.17, 15) is 4.79 Å². The zero-order valence-corrected chi connectivity index (χ0v) is 14.1. The number of hydrogen-bond donors (Lipinski definition) is 1. The van der Waals surface area contributed by atoms with Gasteiger partial charge in [-0.3, -0.25) is 9.69 Å². The Bertz CT molecular complexity index is 604. The fourth-order valence-electron chi connectivity index (χ4n) is 4.33. The lowest BCUT2D eigenvalue weighted by Crippen LogP contribution is -2.46. The highest BCUT2D eigenvalue weighted by Gasteiger charge is 2.31. The molecular formula is C19H26N2O3. The zero-order chi connectivity index (χ0) is 16.4. The van der Waals surface area contributed by atoms with Crippen LogP contribution in [0.2, 0.25) is 0 Å². The average Bonchev–Trinajstić information content (AvgIpc) is 3.07. The highest BCUT2D eigenvalue weighted by Crippen LogP contribution is 2.36. The third-order valence-electron chi connectivity index (χ3n) is 5.67. The maximum Gasteiger partial charge on any atom is 0.234 e. The van der Waals surface area contributed by atoms with Crippen LogP contribution in [0.15, 0.2) is 18.2 Å². The van der Waals surface area contributed by atoms with Crippen molar-refractivity contribution in [1.29, 1.82) is 0 Å². The van der Waals surface area contributed by atoms with Crippen LogP contribution < -0.4 is 14.8 Å². The molecule has 24 heavy (non-hydrogen) atoms. The van der Waals surface area contributed by atoms with Crippen LogP contribution in [-0.2, 0) is 11.3 Å². The highest BCUT2D eigenvalue weighted by molar-refractivity contribution is 5.78. The maximum absolute atomic E-state index is 12.3. The Morgan fingerprint density at radius 2 is 1.96 bits per heavy atom. The van der Waals surface area contributed by atoms with Gasteiger partial charge in [0.05, 0.1) is 6.54 Å². The van der Waals surface area contributed by atoms with Gasteiger partial charge in [-0.25, -0.2) is 0 Å². The molecule has 0 spiro atoms. The first-order valence-electron chi connectivity index (χ1n) is 9.15. The molecule has 130 valence electrons. The Morgan fingerprint density at radius 3 is 2.88 bits per heavy atom. The molecule has 1 aromatic rings. The first kappa shape index (κ1) is 15.8. The van der Waals surface area contributed by atoms with E-state index in [0.29, 0.717) is 13.1 Å². The number of nitrogens with one attached hydrogen (secondary N) is 1. The van der Waals surface area contributed by atoms with Crippen LogP contribution in [0.5, 0.6) is 11.5 Å². The summed E-state index contributed by atoms with van der Waals surface area (Å²) >= 11 is 0. The summed E-state index contributed by atoms with van der Waals surface area (Å²) in [4.78, 5) is 14.6. The van der Waals surface area contributed by atoms with Crippen LogP contribution in [0.3, 0.4) is 0 Å². The third-order valence-corrected chi connectivity index (χ3v) is 5.67. The number of carbonyl (C=O) groups is 1. The molecule has 1 aliphatic carbocycles. The van der Waals surface area contributed by atoms with Crippen molar-refractivity contribution >= 4 is 5.91 Å². The molecule has 1 saturated heterocycles. The molecule has 2 fully saturated rings. The van der Waals surface area contributed by atoms with Gasteiger partial charge in [0.2, 0.25) is 12.7 Å². The molecule has 1 saturated carbocycles. The van der Waals surface area contributed by atoms with Crippen LogP contribution in [0.1, 0.15) is 37.7 Å². The van der Waals surface area contributed by atoms with Gasteiger partial charge in [-0.1, -0.05) is 25.3 Å². The van der Waals surface area contributed by atoms with Gasteiger partial charge in [0.1, 0.15) is 0 Å². The Balaban J connectivity index is 1.25. The third kappa shape index (κ3) is 3.51. The minimum Gasteiger partial charge on any atom is -0.454 e. The molecule has 1 amide bonds. The van der Waals surface area contributed by atoms with Crippen molar-refractivity contribution in [2.24, 2.45) is 11.8 Å². The van der Waals surface area contributed by atoms with Crippen LogP contribution >= 0.6 is 0 Å². The summed E-state index contributed by atoms with van der Waals surface area (Å²) < 4.78 is 10.7. The smallest absolute Gasteiger partial charge is 0.234 e. The molecule has 0 radical (unpaired) electrons. The maximum atomic E-state index is 12.3. The van der Waals surface area contributed by atoms with Gasteiger partial charge in [-0.2, -0.15) is 0 Å². The Kier molecular flexibility index (Phi) is 4.60. The van der Waals surface area contributed by atoms with Crippen molar-refractivity contribution in [3.8, 4) is 11.5 Å². The number of piperidine rings is 1. The number of ether oxygens (including phenoxy) is 2. The predicted molar refractivity (Wildman–Crippen MR) is 90.9 cm³/mol. The second kappa shape index (κ2) is 7.01.